The number of hydrogen-bond acceptors (Lipinski definition) is 1. The number of benzene rings is 2. The Labute approximate surface area is 151 Å². The predicted octanol–water partition coefficient (Wildman–Crippen LogP) is 6.78. The van der Waals surface area contributed by atoms with Crippen LogP contribution in [0.15, 0.2) is 42.5 Å². The predicted molar refractivity (Wildman–Crippen MR) is 92.3 cm³/mol. The zero-order valence-corrected chi connectivity index (χ0v) is 14.7. The standard InChI is InChI=1S/C21H22F4O/c1-2-14-3-5-15(6-4-14)16-7-9-17(10-8-16)21(24,25)26-18-11-12-19(22)20(23)13-18/h7-15H,2-6H2,1H3. The third kappa shape index (κ3) is 4.19. The van der Waals surface area contributed by atoms with Gasteiger partial charge in [0.05, 0.1) is 5.56 Å². The van der Waals surface area contributed by atoms with Gasteiger partial charge < -0.3 is 4.74 Å². The quantitative estimate of drug-likeness (QED) is 0.530. The van der Waals surface area contributed by atoms with Crippen molar-refractivity contribution in [3.05, 3.63) is 65.2 Å². The fourth-order valence-electron chi connectivity index (χ4n) is 3.60. The van der Waals surface area contributed by atoms with Gasteiger partial charge in [0.25, 0.3) is 0 Å². The van der Waals surface area contributed by atoms with Gasteiger partial charge in [-0.3, -0.25) is 0 Å². The van der Waals surface area contributed by atoms with Crippen molar-refractivity contribution >= 4 is 0 Å². The Bertz CT molecular complexity index is 734. The van der Waals surface area contributed by atoms with Crippen LogP contribution >= 0.6 is 0 Å². The summed E-state index contributed by atoms with van der Waals surface area (Å²) >= 11 is 0. The minimum atomic E-state index is -3.62. The zero-order valence-electron chi connectivity index (χ0n) is 14.7. The van der Waals surface area contributed by atoms with E-state index in [2.05, 4.69) is 11.7 Å². The fourth-order valence-corrected chi connectivity index (χ4v) is 3.60. The van der Waals surface area contributed by atoms with Crippen LogP contribution in [0.5, 0.6) is 5.75 Å². The summed E-state index contributed by atoms with van der Waals surface area (Å²) in [5.74, 6) is -1.57. The average molecular weight is 366 g/mol. The summed E-state index contributed by atoms with van der Waals surface area (Å²) in [6.45, 7) is 2.20. The Kier molecular flexibility index (Phi) is 5.54. The Morgan fingerprint density at radius 2 is 1.58 bits per heavy atom. The van der Waals surface area contributed by atoms with Crippen LogP contribution in [0.1, 0.15) is 56.1 Å². The lowest BCUT2D eigenvalue weighted by atomic mass is 9.78. The van der Waals surface area contributed by atoms with E-state index in [4.69, 9.17) is 0 Å². The highest BCUT2D eigenvalue weighted by atomic mass is 19.3. The van der Waals surface area contributed by atoms with E-state index in [9.17, 15) is 17.6 Å². The molecule has 0 saturated heterocycles. The van der Waals surface area contributed by atoms with Crippen LogP contribution in [0.3, 0.4) is 0 Å². The van der Waals surface area contributed by atoms with Crippen molar-refractivity contribution in [2.24, 2.45) is 5.92 Å². The van der Waals surface area contributed by atoms with Crippen LogP contribution in [-0.4, -0.2) is 0 Å². The summed E-state index contributed by atoms with van der Waals surface area (Å²) in [4.78, 5) is 0. The van der Waals surface area contributed by atoms with Gasteiger partial charge in [-0.15, -0.1) is 0 Å². The van der Waals surface area contributed by atoms with E-state index in [1.165, 1.54) is 31.4 Å². The van der Waals surface area contributed by atoms with Gasteiger partial charge in [-0.25, -0.2) is 8.78 Å². The molecule has 3 rings (SSSR count). The summed E-state index contributed by atoms with van der Waals surface area (Å²) in [7, 11) is 0. The summed E-state index contributed by atoms with van der Waals surface area (Å²) in [6, 6.07) is 8.49. The van der Waals surface area contributed by atoms with Gasteiger partial charge in [0.1, 0.15) is 5.75 Å². The van der Waals surface area contributed by atoms with E-state index in [1.54, 1.807) is 12.1 Å². The molecule has 26 heavy (non-hydrogen) atoms. The van der Waals surface area contributed by atoms with Gasteiger partial charge in [-0.2, -0.15) is 8.78 Å². The van der Waals surface area contributed by atoms with Crippen molar-refractivity contribution in [1.29, 1.82) is 0 Å². The normalized spacial score (nSPS) is 20.8. The number of ether oxygens (including phenoxy) is 1. The molecule has 1 aliphatic carbocycles. The number of halogens is 4. The van der Waals surface area contributed by atoms with Crippen LogP contribution in [-0.2, 0) is 6.11 Å². The highest BCUT2D eigenvalue weighted by molar-refractivity contribution is 5.30. The lowest BCUT2D eigenvalue weighted by Crippen LogP contribution is -2.22. The molecule has 1 saturated carbocycles. The van der Waals surface area contributed by atoms with E-state index in [0.29, 0.717) is 12.0 Å². The van der Waals surface area contributed by atoms with E-state index in [1.807, 2.05) is 0 Å². The van der Waals surface area contributed by atoms with Crippen LogP contribution < -0.4 is 4.74 Å². The lowest BCUT2D eigenvalue weighted by Gasteiger charge is -2.28. The number of hydrogen-bond donors (Lipinski definition) is 0. The molecule has 0 spiro atoms. The molecule has 0 atom stereocenters. The second-order valence-corrected chi connectivity index (χ2v) is 6.94. The maximum Gasteiger partial charge on any atom is 0.426 e. The molecule has 2 aromatic carbocycles. The topological polar surface area (TPSA) is 9.23 Å². The van der Waals surface area contributed by atoms with Crippen molar-refractivity contribution in [3.63, 3.8) is 0 Å². The third-order valence-corrected chi connectivity index (χ3v) is 5.28. The molecular formula is C21H22F4O. The van der Waals surface area contributed by atoms with E-state index in [0.717, 1.165) is 36.5 Å². The maximum atomic E-state index is 14.3. The third-order valence-electron chi connectivity index (χ3n) is 5.28. The first-order valence-corrected chi connectivity index (χ1v) is 9.01. The highest BCUT2D eigenvalue weighted by Crippen LogP contribution is 2.38. The fraction of sp³-hybridized carbons (Fsp3) is 0.429. The molecular weight excluding hydrogens is 344 g/mol. The van der Waals surface area contributed by atoms with Gasteiger partial charge in [0, 0.05) is 6.07 Å². The van der Waals surface area contributed by atoms with E-state index >= 15 is 0 Å². The molecule has 0 unspecified atom stereocenters. The Morgan fingerprint density at radius 3 is 2.15 bits per heavy atom. The Balaban J connectivity index is 1.69. The van der Waals surface area contributed by atoms with Crippen LogP contribution in [0.4, 0.5) is 17.6 Å². The Morgan fingerprint density at radius 1 is 0.923 bits per heavy atom. The van der Waals surface area contributed by atoms with Crippen LogP contribution in [0.25, 0.3) is 0 Å². The maximum absolute atomic E-state index is 14.3. The molecule has 2 aromatic rings. The zero-order chi connectivity index (χ0) is 18.7. The van der Waals surface area contributed by atoms with Gasteiger partial charge in [0.15, 0.2) is 11.6 Å². The molecule has 5 heteroatoms. The smallest absolute Gasteiger partial charge is 0.426 e. The van der Waals surface area contributed by atoms with Crippen molar-refractivity contribution in [2.45, 2.75) is 51.1 Å². The average Bonchev–Trinajstić information content (AvgIpc) is 2.65. The summed E-state index contributed by atoms with van der Waals surface area (Å²) in [6.07, 6.45) is 2.09. The second-order valence-electron chi connectivity index (χ2n) is 6.94. The molecule has 1 aliphatic rings. The number of rotatable bonds is 5. The second kappa shape index (κ2) is 7.68. The monoisotopic (exact) mass is 366 g/mol. The molecule has 0 aliphatic heterocycles. The summed E-state index contributed by atoms with van der Waals surface area (Å²) in [5, 5.41) is 0. The SMILES string of the molecule is CCC1CCC(c2ccc(C(F)(F)Oc3ccc(F)c(F)c3)cc2)CC1. The Hall–Kier alpha value is -2.04. The molecule has 0 amide bonds. The van der Waals surface area contributed by atoms with Crippen molar-refractivity contribution in [3.8, 4) is 5.75 Å². The van der Waals surface area contributed by atoms with E-state index < -0.39 is 23.5 Å². The summed E-state index contributed by atoms with van der Waals surface area (Å²) < 4.78 is 59.3. The van der Waals surface area contributed by atoms with Gasteiger partial charge in [-0.1, -0.05) is 25.5 Å². The molecule has 0 heterocycles. The first kappa shape index (κ1) is 18.7. The van der Waals surface area contributed by atoms with Crippen LogP contribution in [0, 0.1) is 17.6 Å². The van der Waals surface area contributed by atoms with Crippen LogP contribution in [0.2, 0.25) is 0 Å². The minimum Gasteiger partial charge on any atom is -0.429 e. The number of alkyl halides is 2. The van der Waals surface area contributed by atoms with Gasteiger partial charge >= 0.3 is 6.11 Å². The molecule has 0 radical (unpaired) electrons. The summed E-state index contributed by atoms with van der Waals surface area (Å²) in [5.41, 5.74) is 0.750. The minimum absolute atomic E-state index is 0.312. The molecule has 0 aromatic heterocycles. The molecule has 140 valence electrons. The largest absolute Gasteiger partial charge is 0.429 e. The van der Waals surface area contributed by atoms with Crippen molar-refractivity contribution < 1.29 is 22.3 Å². The first-order chi connectivity index (χ1) is 12.4. The van der Waals surface area contributed by atoms with Gasteiger partial charge in [-0.05, 0) is 67.3 Å². The first-order valence-electron chi connectivity index (χ1n) is 9.01. The molecule has 0 bridgehead atoms. The molecule has 1 nitrogen and oxygen atoms in total. The lowest BCUT2D eigenvalue weighted by molar-refractivity contribution is -0.185. The molecule has 0 N–H and O–H groups in total. The van der Waals surface area contributed by atoms with Gasteiger partial charge in [0.2, 0.25) is 0 Å². The molecule has 1 fully saturated rings. The van der Waals surface area contributed by atoms with Crippen molar-refractivity contribution in [1.82, 2.24) is 0 Å². The van der Waals surface area contributed by atoms with Crippen molar-refractivity contribution in [2.75, 3.05) is 0 Å². The highest BCUT2D eigenvalue weighted by Gasteiger charge is 2.35. The van der Waals surface area contributed by atoms with E-state index in [-0.39, 0.29) is 5.56 Å².